The highest BCUT2D eigenvalue weighted by molar-refractivity contribution is 8.15. The van der Waals surface area contributed by atoms with Gasteiger partial charge >= 0.3 is 0 Å². The highest BCUT2D eigenvalue weighted by Crippen LogP contribution is 2.27. The van der Waals surface area contributed by atoms with E-state index in [2.05, 4.69) is 15.5 Å². The number of thioether (sulfide) groups is 1. The molecule has 2 aromatic carbocycles. The molecule has 0 aromatic heterocycles. The van der Waals surface area contributed by atoms with Crippen LogP contribution in [0.4, 0.5) is 0 Å². The number of amides is 1. The van der Waals surface area contributed by atoms with Gasteiger partial charge in [0, 0.05) is 10.6 Å². The predicted molar refractivity (Wildman–Crippen MR) is 92.5 cm³/mol. The first-order valence-corrected chi connectivity index (χ1v) is 7.97. The number of amidine groups is 1. The third-order valence-corrected chi connectivity index (χ3v) is 4.23. The van der Waals surface area contributed by atoms with E-state index >= 15 is 0 Å². The van der Waals surface area contributed by atoms with Crippen molar-refractivity contribution in [2.75, 3.05) is 5.75 Å². The highest BCUT2D eigenvalue weighted by atomic mass is 35.5. The maximum absolute atomic E-state index is 11.0. The highest BCUT2D eigenvalue weighted by Gasteiger charge is 2.15. The van der Waals surface area contributed by atoms with Crippen LogP contribution in [0.25, 0.3) is 11.1 Å². The van der Waals surface area contributed by atoms with Crippen LogP contribution in [0.3, 0.4) is 0 Å². The Morgan fingerprint density at radius 1 is 1.14 bits per heavy atom. The lowest BCUT2D eigenvalue weighted by atomic mass is 10.0. The molecule has 0 bridgehead atoms. The van der Waals surface area contributed by atoms with Gasteiger partial charge in [-0.25, -0.2) is 0 Å². The minimum Gasteiger partial charge on any atom is -0.303 e. The molecule has 1 N–H and O–H groups in total. The predicted octanol–water partition coefficient (Wildman–Crippen LogP) is 3.56. The van der Waals surface area contributed by atoms with Gasteiger partial charge in [0.25, 0.3) is 0 Å². The van der Waals surface area contributed by atoms with Crippen molar-refractivity contribution < 1.29 is 4.79 Å². The molecule has 2 aromatic rings. The molecule has 6 heteroatoms. The Bertz CT molecular complexity index is 756. The molecular weight excluding hydrogens is 318 g/mol. The van der Waals surface area contributed by atoms with Crippen LogP contribution in [0.2, 0.25) is 5.02 Å². The van der Waals surface area contributed by atoms with Gasteiger partial charge in [0.2, 0.25) is 5.91 Å². The molecule has 1 aliphatic heterocycles. The summed E-state index contributed by atoms with van der Waals surface area (Å²) in [4.78, 5) is 11.0. The molecule has 0 saturated carbocycles. The maximum Gasteiger partial charge on any atom is 0.236 e. The summed E-state index contributed by atoms with van der Waals surface area (Å²) in [6, 6.07) is 15.6. The number of nitrogens with one attached hydrogen (secondary N) is 1. The van der Waals surface area contributed by atoms with Gasteiger partial charge in [0.1, 0.15) is 0 Å². The van der Waals surface area contributed by atoms with Gasteiger partial charge in [0.15, 0.2) is 5.17 Å². The maximum atomic E-state index is 11.0. The summed E-state index contributed by atoms with van der Waals surface area (Å²) in [5, 5.41) is 11.8. The fourth-order valence-electron chi connectivity index (χ4n) is 1.97. The molecule has 1 amide bonds. The fraction of sp³-hybridized carbons (Fsp3) is 0.0625. The number of hydrogen-bond acceptors (Lipinski definition) is 4. The van der Waals surface area contributed by atoms with Gasteiger partial charge in [-0.05, 0) is 17.2 Å². The fourth-order valence-corrected chi connectivity index (χ4v) is 2.85. The van der Waals surface area contributed by atoms with Crippen LogP contribution in [0.1, 0.15) is 5.56 Å². The Labute approximate surface area is 137 Å². The molecular formula is C16H12ClN3OS. The summed E-state index contributed by atoms with van der Waals surface area (Å²) >= 11 is 7.53. The minimum atomic E-state index is -0.0388. The monoisotopic (exact) mass is 329 g/mol. The Balaban J connectivity index is 1.72. The molecule has 1 fully saturated rings. The lowest BCUT2D eigenvalue weighted by Crippen LogP contribution is -2.19. The summed E-state index contributed by atoms with van der Waals surface area (Å²) in [6.07, 6.45) is 1.65. The van der Waals surface area contributed by atoms with Crippen molar-refractivity contribution >= 4 is 40.7 Å². The first-order chi connectivity index (χ1) is 10.7. The molecule has 4 nitrogen and oxygen atoms in total. The van der Waals surface area contributed by atoms with Crippen molar-refractivity contribution in [2.24, 2.45) is 10.2 Å². The molecule has 1 aliphatic rings. The molecule has 0 atom stereocenters. The number of carbonyl (C=O) groups excluding carboxylic acids is 1. The molecule has 3 rings (SSSR count). The van der Waals surface area contributed by atoms with Crippen LogP contribution in [0.15, 0.2) is 58.7 Å². The minimum absolute atomic E-state index is 0.0388. The third-order valence-electron chi connectivity index (χ3n) is 3.04. The van der Waals surface area contributed by atoms with Crippen LogP contribution >= 0.6 is 23.4 Å². The molecule has 110 valence electrons. The Morgan fingerprint density at radius 3 is 2.59 bits per heavy atom. The normalized spacial score (nSPS) is 16.4. The number of nitrogens with zero attached hydrogens (tertiary/aromatic N) is 2. The van der Waals surface area contributed by atoms with Gasteiger partial charge in [-0.1, -0.05) is 65.8 Å². The van der Waals surface area contributed by atoms with Crippen molar-refractivity contribution in [1.82, 2.24) is 5.32 Å². The second kappa shape index (κ2) is 6.77. The van der Waals surface area contributed by atoms with E-state index in [1.165, 1.54) is 11.8 Å². The van der Waals surface area contributed by atoms with E-state index in [0.717, 1.165) is 21.7 Å². The molecule has 22 heavy (non-hydrogen) atoms. The van der Waals surface area contributed by atoms with Crippen LogP contribution < -0.4 is 5.32 Å². The topological polar surface area (TPSA) is 53.8 Å². The summed E-state index contributed by atoms with van der Waals surface area (Å²) in [5.41, 5.74) is 2.97. The van der Waals surface area contributed by atoms with E-state index in [1.807, 2.05) is 48.5 Å². The van der Waals surface area contributed by atoms with Crippen molar-refractivity contribution in [3.63, 3.8) is 0 Å². The molecule has 0 radical (unpaired) electrons. The van der Waals surface area contributed by atoms with Crippen molar-refractivity contribution in [3.05, 3.63) is 59.1 Å². The van der Waals surface area contributed by atoms with E-state index in [1.54, 1.807) is 6.21 Å². The van der Waals surface area contributed by atoms with E-state index in [4.69, 9.17) is 11.6 Å². The van der Waals surface area contributed by atoms with Gasteiger partial charge in [-0.2, -0.15) is 5.10 Å². The molecule has 0 aliphatic carbocycles. The van der Waals surface area contributed by atoms with E-state index < -0.39 is 0 Å². The van der Waals surface area contributed by atoms with Crippen molar-refractivity contribution in [1.29, 1.82) is 0 Å². The summed E-state index contributed by atoms with van der Waals surface area (Å²) < 4.78 is 0. The standard InChI is InChI=1S/C16H12ClN3OS/c17-14-4-2-1-3-13(14)12-7-5-11(6-8-12)9-18-20-16-19-15(21)10-22-16/h1-9H,10H2,(H,19,20,21). The molecule has 1 heterocycles. The Kier molecular flexibility index (Phi) is 4.56. The zero-order valence-electron chi connectivity index (χ0n) is 11.5. The summed E-state index contributed by atoms with van der Waals surface area (Å²) in [6.45, 7) is 0. The third kappa shape index (κ3) is 3.55. The second-order valence-electron chi connectivity index (χ2n) is 4.59. The smallest absolute Gasteiger partial charge is 0.236 e. The summed E-state index contributed by atoms with van der Waals surface area (Å²) in [7, 11) is 0. The number of rotatable bonds is 3. The van der Waals surface area contributed by atoms with Crippen LogP contribution in [-0.2, 0) is 4.79 Å². The Hall–Kier alpha value is -2.11. The molecule has 0 unspecified atom stereocenters. The van der Waals surface area contributed by atoms with Crippen LogP contribution in [0.5, 0.6) is 0 Å². The average molecular weight is 330 g/mol. The van der Waals surface area contributed by atoms with Crippen molar-refractivity contribution in [2.45, 2.75) is 0 Å². The largest absolute Gasteiger partial charge is 0.303 e. The van der Waals surface area contributed by atoms with Gasteiger partial charge in [-0.15, -0.1) is 5.10 Å². The van der Waals surface area contributed by atoms with E-state index in [0.29, 0.717) is 10.9 Å². The van der Waals surface area contributed by atoms with Crippen molar-refractivity contribution in [3.8, 4) is 11.1 Å². The van der Waals surface area contributed by atoms with E-state index in [9.17, 15) is 4.79 Å². The van der Waals surface area contributed by atoms with Gasteiger partial charge in [0.05, 0.1) is 12.0 Å². The number of carbonyl (C=O) groups is 1. The Morgan fingerprint density at radius 2 is 1.91 bits per heavy atom. The zero-order valence-corrected chi connectivity index (χ0v) is 13.1. The van der Waals surface area contributed by atoms with E-state index in [-0.39, 0.29) is 5.91 Å². The second-order valence-corrected chi connectivity index (χ2v) is 5.96. The first-order valence-electron chi connectivity index (χ1n) is 6.61. The number of halogens is 1. The zero-order chi connectivity index (χ0) is 15.4. The lowest BCUT2D eigenvalue weighted by Gasteiger charge is -2.04. The van der Waals surface area contributed by atoms with Gasteiger partial charge in [-0.3, -0.25) is 4.79 Å². The quantitative estimate of drug-likeness (QED) is 0.691. The average Bonchev–Trinajstić information content (AvgIpc) is 2.94. The SMILES string of the molecule is O=C1CSC(=NN=Cc2ccc(-c3ccccc3Cl)cc2)N1. The first kappa shape index (κ1) is 14.8. The number of benzene rings is 2. The number of hydrogen-bond donors (Lipinski definition) is 1. The molecule has 1 saturated heterocycles. The van der Waals surface area contributed by atoms with Crippen LogP contribution in [0, 0.1) is 0 Å². The molecule has 0 spiro atoms. The summed E-state index contributed by atoms with van der Waals surface area (Å²) in [5.74, 6) is 0.365. The lowest BCUT2D eigenvalue weighted by molar-refractivity contribution is -0.116. The van der Waals surface area contributed by atoms with Crippen LogP contribution in [-0.4, -0.2) is 23.0 Å². The van der Waals surface area contributed by atoms with Gasteiger partial charge < -0.3 is 5.32 Å².